The van der Waals surface area contributed by atoms with Crippen LogP contribution in [0.2, 0.25) is 0 Å². The lowest BCUT2D eigenvalue weighted by atomic mass is 9.99. The predicted octanol–water partition coefficient (Wildman–Crippen LogP) is 3.98. The molecule has 0 saturated carbocycles. The highest BCUT2D eigenvalue weighted by atomic mass is 79.9. The van der Waals surface area contributed by atoms with Gasteiger partial charge in [-0.1, -0.05) is 12.1 Å². The third-order valence-electron chi connectivity index (χ3n) is 2.81. The molecule has 0 bridgehead atoms. The third kappa shape index (κ3) is 1.95. The molecule has 76 valence electrons. The van der Waals surface area contributed by atoms with E-state index in [1.807, 2.05) is 0 Å². The fourth-order valence-electron chi connectivity index (χ4n) is 2.04. The molecule has 0 fully saturated rings. The lowest BCUT2D eigenvalue weighted by Gasteiger charge is -2.26. The van der Waals surface area contributed by atoms with Crippen molar-refractivity contribution < 1.29 is 0 Å². The number of benzene rings is 1. The normalized spacial score (nSPS) is 19.4. The number of para-hydroxylation sites is 1. The van der Waals surface area contributed by atoms with E-state index >= 15 is 0 Å². The van der Waals surface area contributed by atoms with Gasteiger partial charge in [0, 0.05) is 10.0 Å². The molecular formula is C12H16BrN. The van der Waals surface area contributed by atoms with Gasteiger partial charge in [-0.15, -0.1) is 0 Å². The lowest BCUT2D eigenvalue weighted by Crippen LogP contribution is -2.29. The van der Waals surface area contributed by atoms with Crippen LogP contribution in [0.4, 0.5) is 5.69 Å². The van der Waals surface area contributed by atoms with Crippen LogP contribution in [0.5, 0.6) is 0 Å². The highest BCUT2D eigenvalue weighted by Crippen LogP contribution is 2.34. The van der Waals surface area contributed by atoms with E-state index in [1.165, 1.54) is 35.0 Å². The molecule has 2 heteroatoms. The topological polar surface area (TPSA) is 12.0 Å². The molecule has 1 heterocycles. The van der Waals surface area contributed by atoms with E-state index in [2.05, 4.69) is 53.3 Å². The van der Waals surface area contributed by atoms with E-state index in [1.54, 1.807) is 0 Å². The molecule has 1 aliphatic rings. The summed E-state index contributed by atoms with van der Waals surface area (Å²) in [5.74, 6) is 0. The number of hydrogen-bond donors (Lipinski definition) is 1. The minimum atomic E-state index is 0.217. The monoisotopic (exact) mass is 253 g/mol. The van der Waals surface area contributed by atoms with Crippen molar-refractivity contribution in [2.24, 2.45) is 0 Å². The second-order valence-corrected chi connectivity index (χ2v) is 5.49. The molecule has 0 saturated heterocycles. The smallest absolute Gasteiger partial charge is 0.0521 e. The minimum absolute atomic E-state index is 0.217. The van der Waals surface area contributed by atoms with Gasteiger partial charge in [0.25, 0.3) is 0 Å². The lowest BCUT2D eigenvalue weighted by molar-refractivity contribution is 0.508. The Labute approximate surface area is 94.0 Å². The Hall–Kier alpha value is -0.500. The van der Waals surface area contributed by atoms with Crippen LogP contribution < -0.4 is 5.32 Å². The summed E-state index contributed by atoms with van der Waals surface area (Å²) in [5.41, 5.74) is 2.94. The van der Waals surface area contributed by atoms with Crippen LogP contribution >= 0.6 is 15.9 Å². The second kappa shape index (κ2) is 3.58. The van der Waals surface area contributed by atoms with Crippen LogP contribution in [-0.2, 0) is 6.42 Å². The molecule has 0 aromatic heterocycles. The van der Waals surface area contributed by atoms with Gasteiger partial charge in [0.15, 0.2) is 0 Å². The van der Waals surface area contributed by atoms with Crippen LogP contribution in [0.25, 0.3) is 0 Å². The summed E-state index contributed by atoms with van der Waals surface area (Å²) in [6, 6.07) is 6.44. The number of nitrogens with one attached hydrogen (secondary N) is 1. The second-order valence-electron chi connectivity index (χ2n) is 4.64. The zero-order valence-electron chi connectivity index (χ0n) is 8.73. The number of anilines is 1. The first kappa shape index (κ1) is 10.0. The molecule has 0 aliphatic carbocycles. The molecule has 0 spiro atoms. The summed E-state index contributed by atoms with van der Waals surface area (Å²) < 4.78 is 1.19. The number of hydrogen-bond acceptors (Lipinski definition) is 1. The number of halogens is 1. The molecule has 1 aromatic carbocycles. The molecule has 0 unspecified atom stereocenters. The molecule has 14 heavy (non-hydrogen) atoms. The van der Waals surface area contributed by atoms with E-state index < -0.39 is 0 Å². The van der Waals surface area contributed by atoms with Crippen LogP contribution in [-0.4, -0.2) is 5.54 Å². The summed E-state index contributed by atoms with van der Waals surface area (Å²) >= 11 is 3.61. The zero-order chi connectivity index (χ0) is 10.2. The molecule has 0 atom stereocenters. The van der Waals surface area contributed by atoms with Crippen molar-refractivity contribution in [1.29, 1.82) is 0 Å². The largest absolute Gasteiger partial charge is 0.379 e. The first-order valence-corrected chi connectivity index (χ1v) is 5.93. The van der Waals surface area contributed by atoms with Crippen LogP contribution in [0.1, 0.15) is 32.3 Å². The fraction of sp³-hybridized carbons (Fsp3) is 0.500. The first-order chi connectivity index (χ1) is 6.58. The van der Waals surface area contributed by atoms with Crippen molar-refractivity contribution in [3.63, 3.8) is 0 Å². The molecule has 0 amide bonds. The molecule has 1 N–H and O–H groups in total. The zero-order valence-corrected chi connectivity index (χ0v) is 10.3. The SMILES string of the molecule is CC1(C)CCCc2cccc(Br)c2N1. The maximum atomic E-state index is 3.62. The fourth-order valence-corrected chi connectivity index (χ4v) is 2.55. The van der Waals surface area contributed by atoms with Gasteiger partial charge in [0.1, 0.15) is 0 Å². The molecular weight excluding hydrogens is 238 g/mol. The summed E-state index contributed by atoms with van der Waals surface area (Å²) in [5, 5.41) is 3.62. The van der Waals surface area contributed by atoms with E-state index in [0.717, 1.165) is 0 Å². The summed E-state index contributed by atoms with van der Waals surface area (Å²) in [6.45, 7) is 4.53. The molecule has 1 aliphatic heterocycles. The van der Waals surface area contributed by atoms with E-state index in [0.29, 0.717) is 0 Å². The summed E-state index contributed by atoms with van der Waals surface area (Å²) in [4.78, 5) is 0. The van der Waals surface area contributed by atoms with Crippen molar-refractivity contribution in [1.82, 2.24) is 0 Å². The van der Waals surface area contributed by atoms with E-state index in [4.69, 9.17) is 0 Å². The van der Waals surface area contributed by atoms with Crippen LogP contribution in [0.3, 0.4) is 0 Å². The van der Waals surface area contributed by atoms with Crippen molar-refractivity contribution in [3.8, 4) is 0 Å². The molecule has 0 radical (unpaired) electrons. The van der Waals surface area contributed by atoms with Gasteiger partial charge in [-0.3, -0.25) is 0 Å². The average molecular weight is 254 g/mol. The number of aryl methyl sites for hydroxylation is 1. The highest BCUT2D eigenvalue weighted by Gasteiger charge is 2.22. The molecule has 1 aromatic rings. The Morgan fingerprint density at radius 1 is 1.36 bits per heavy atom. The van der Waals surface area contributed by atoms with Gasteiger partial charge in [-0.05, 0) is 60.7 Å². The Balaban J connectivity index is 2.43. The van der Waals surface area contributed by atoms with Gasteiger partial charge < -0.3 is 5.32 Å². The van der Waals surface area contributed by atoms with Crippen LogP contribution in [0, 0.1) is 0 Å². The highest BCUT2D eigenvalue weighted by molar-refractivity contribution is 9.10. The van der Waals surface area contributed by atoms with Gasteiger partial charge in [0.05, 0.1) is 5.69 Å². The minimum Gasteiger partial charge on any atom is -0.379 e. The Morgan fingerprint density at radius 3 is 2.93 bits per heavy atom. The quantitative estimate of drug-likeness (QED) is 0.738. The molecule has 1 nitrogen and oxygen atoms in total. The number of fused-ring (bicyclic) bond motifs is 1. The van der Waals surface area contributed by atoms with Crippen molar-refractivity contribution in [2.45, 2.75) is 38.6 Å². The Bertz CT molecular complexity index is 344. The van der Waals surface area contributed by atoms with Gasteiger partial charge >= 0.3 is 0 Å². The third-order valence-corrected chi connectivity index (χ3v) is 3.47. The predicted molar refractivity (Wildman–Crippen MR) is 64.8 cm³/mol. The van der Waals surface area contributed by atoms with Gasteiger partial charge in [-0.25, -0.2) is 0 Å². The maximum Gasteiger partial charge on any atom is 0.0521 e. The average Bonchev–Trinajstić information content (AvgIpc) is 2.24. The number of rotatable bonds is 0. The standard InChI is InChI=1S/C12H16BrN/c1-12(2)8-4-6-9-5-3-7-10(13)11(9)14-12/h3,5,7,14H,4,6,8H2,1-2H3. The first-order valence-electron chi connectivity index (χ1n) is 5.14. The Kier molecular flexibility index (Phi) is 2.56. The van der Waals surface area contributed by atoms with Crippen molar-refractivity contribution >= 4 is 21.6 Å². The summed E-state index contributed by atoms with van der Waals surface area (Å²) in [7, 11) is 0. The van der Waals surface area contributed by atoms with E-state index in [-0.39, 0.29) is 5.54 Å². The van der Waals surface area contributed by atoms with Gasteiger partial charge in [-0.2, -0.15) is 0 Å². The van der Waals surface area contributed by atoms with Crippen molar-refractivity contribution in [2.75, 3.05) is 5.32 Å². The Morgan fingerprint density at radius 2 is 2.14 bits per heavy atom. The molecule has 2 rings (SSSR count). The van der Waals surface area contributed by atoms with Crippen LogP contribution in [0.15, 0.2) is 22.7 Å². The van der Waals surface area contributed by atoms with E-state index in [9.17, 15) is 0 Å². The maximum absolute atomic E-state index is 3.62. The van der Waals surface area contributed by atoms with Gasteiger partial charge in [0.2, 0.25) is 0 Å². The van der Waals surface area contributed by atoms with Crippen molar-refractivity contribution in [3.05, 3.63) is 28.2 Å². The summed E-state index contributed by atoms with van der Waals surface area (Å²) in [6.07, 6.45) is 3.68.